The highest BCUT2D eigenvalue weighted by Gasteiger charge is 2.26. The number of amides is 2. The van der Waals surface area contributed by atoms with Crippen LogP contribution in [0, 0.1) is 5.92 Å². The van der Waals surface area contributed by atoms with Gasteiger partial charge in [0.15, 0.2) is 11.0 Å². The van der Waals surface area contributed by atoms with Crippen molar-refractivity contribution in [2.24, 2.45) is 5.92 Å². The number of allylic oxidation sites excluding steroid dienone is 1. The van der Waals surface area contributed by atoms with Crippen LogP contribution in [0.2, 0.25) is 0 Å². The van der Waals surface area contributed by atoms with Crippen molar-refractivity contribution in [3.05, 3.63) is 72.6 Å². The third kappa shape index (κ3) is 6.88. The first kappa shape index (κ1) is 26.8. The highest BCUT2D eigenvalue weighted by molar-refractivity contribution is 7.99. The van der Waals surface area contributed by atoms with Crippen molar-refractivity contribution >= 4 is 29.3 Å². The Hall–Kier alpha value is -3.79. The number of anilines is 1. The Bertz CT molecular complexity index is 1180. The van der Waals surface area contributed by atoms with Gasteiger partial charge in [-0.15, -0.1) is 16.8 Å². The van der Waals surface area contributed by atoms with Crippen LogP contribution in [0.25, 0.3) is 0 Å². The Balaban J connectivity index is 1.72. The van der Waals surface area contributed by atoms with Gasteiger partial charge < -0.3 is 24.7 Å². The van der Waals surface area contributed by atoms with Crippen molar-refractivity contribution in [1.29, 1.82) is 0 Å². The first-order chi connectivity index (χ1) is 17.4. The highest BCUT2D eigenvalue weighted by atomic mass is 32.2. The Morgan fingerprint density at radius 1 is 1.03 bits per heavy atom. The van der Waals surface area contributed by atoms with E-state index in [0.717, 1.165) is 0 Å². The van der Waals surface area contributed by atoms with Gasteiger partial charge in [-0.25, -0.2) is 0 Å². The molecule has 1 atom stereocenters. The van der Waals surface area contributed by atoms with Gasteiger partial charge in [-0.3, -0.25) is 9.59 Å². The largest absolute Gasteiger partial charge is 0.497 e. The van der Waals surface area contributed by atoms with Crippen LogP contribution in [0.4, 0.5) is 5.69 Å². The van der Waals surface area contributed by atoms with Crippen molar-refractivity contribution in [3.8, 4) is 11.5 Å². The molecule has 0 unspecified atom stereocenters. The second-order valence-electron chi connectivity index (χ2n) is 8.23. The summed E-state index contributed by atoms with van der Waals surface area (Å²) < 4.78 is 12.2. The van der Waals surface area contributed by atoms with Gasteiger partial charge in [0.2, 0.25) is 5.91 Å². The lowest BCUT2D eigenvalue weighted by atomic mass is 10.0. The molecule has 0 aliphatic rings. The molecule has 0 spiro atoms. The molecule has 0 bridgehead atoms. The summed E-state index contributed by atoms with van der Waals surface area (Å²) in [6.45, 7) is 8.28. The maximum absolute atomic E-state index is 12.9. The summed E-state index contributed by atoms with van der Waals surface area (Å²) in [5.41, 5.74) is 1.19. The van der Waals surface area contributed by atoms with E-state index in [4.69, 9.17) is 9.47 Å². The Labute approximate surface area is 215 Å². The van der Waals surface area contributed by atoms with Gasteiger partial charge in [-0.1, -0.05) is 31.7 Å². The third-order valence-electron chi connectivity index (χ3n) is 5.35. The van der Waals surface area contributed by atoms with Gasteiger partial charge in [-0.05, 0) is 54.4 Å². The second-order valence-corrected chi connectivity index (χ2v) is 9.17. The number of carbonyl (C=O) groups is 2. The summed E-state index contributed by atoms with van der Waals surface area (Å²) >= 11 is 1.27. The topological polar surface area (TPSA) is 107 Å². The van der Waals surface area contributed by atoms with Crippen LogP contribution in [-0.4, -0.2) is 46.6 Å². The van der Waals surface area contributed by atoms with Crippen molar-refractivity contribution in [2.45, 2.75) is 31.6 Å². The summed E-state index contributed by atoms with van der Waals surface area (Å²) in [7, 11) is 3.17. The smallest absolute Gasteiger partial charge is 0.251 e. The SMILES string of the molecule is C=CCn1c(SCC(=O)Nc2ccc(OC)cc2)nnc1[C@@H](NC(=O)c1ccc(OC)cc1)C(C)C. The van der Waals surface area contributed by atoms with Crippen molar-refractivity contribution < 1.29 is 19.1 Å². The first-order valence-electron chi connectivity index (χ1n) is 11.4. The summed E-state index contributed by atoms with van der Waals surface area (Å²) in [4.78, 5) is 25.4. The molecule has 1 aromatic heterocycles. The second kappa shape index (κ2) is 12.8. The minimum absolute atomic E-state index is 0.0381. The Kier molecular flexibility index (Phi) is 9.52. The number of hydrogen-bond donors (Lipinski definition) is 2. The average Bonchev–Trinajstić information content (AvgIpc) is 3.28. The molecule has 1 heterocycles. The standard InChI is InChI=1S/C26H31N5O4S/c1-6-15-31-24(23(17(2)3)28-25(33)18-7-11-20(34-4)12-8-18)29-30-26(31)36-16-22(32)27-19-9-13-21(35-5)14-10-19/h6-14,17,23H,1,15-16H2,2-5H3,(H,27,32)(H,28,33)/t23-/m0/s1. The van der Waals surface area contributed by atoms with E-state index in [1.807, 2.05) is 18.4 Å². The summed E-state index contributed by atoms with van der Waals surface area (Å²) in [6, 6.07) is 13.6. The number of methoxy groups -OCH3 is 2. The number of hydrogen-bond acceptors (Lipinski definition) is 7. The first-order valence-corrected chi connectivity index (χ1v) is 12.4. The minimum Gasteiger partial charge on any atom is -0.497 e. The van der Waals surface area contributed by atoms with Crippen LogP contribution < -0.4 is 20.1 Å². The molecule has 0 saturated carbocycles. The molecule has 36 heavy (non-hydrogen) atoms. The molecule has 190 valence electrons. The van der Waals surface area contributed by atoms with Crippen LogP contribution in [-0.2, 0) is 11.3 Å². The lowest BCUT2D eigenvalue weighted by molar-refractivity contribution is -0.113. The van der Waals surface area contributed by atoms with E-state index >= 15 is 0 Å². The van der Waals surface area contributed by atoms with Gasteiger partial charge in [0.05, 0.1) is 26.0 Å². The van der Waals surface area contributed by atoms with E-state index in [9.17, 15) is 9.59 Å². The van der Waals surface area contributed by atoms with Gasteiger partial charge in [-0.2, -0.15) is 0 Å². The molecule has 2 N–H and O–H groups in total. The number of nitrogens with one attached hydrogen (secondary N) is 2. The molecule has 0 aliphatic carbocycles. The van der Waals surface area contributed by atoms with Crippen LogP contribution >= 0.6 is 11.8 Å². The fourth-order valence-corrected chi connectivity index (χ4v) is 4.19. The Morgan fingerprint density at radius 2 is 1.64 bits per heavy atom. The van der Waals surface area contributed by atoms with Gasteiger partial charge in [0.1, 0.15) is 11.5 Å². The lowest BCUT2D eigenvalue weighted by Gasteiger charge is -2.22. The van der Waals surface area contributed by atoms with E-state index in [2.05, 4.69) is 27.4 Å². The zero-order valence-electron chi connectivity index (χ0n) is 20.9. The molecule has 0 aliphatic heterocycles. The molecule has 0 fully saturated rings. The number of nitrogens with zero attached hydrogens (tertiary/aromatic N) is 3. The van der Waals surface area contributed by atoms with E-state index in [-0.39, 0.29) is 23.5 Å². The normalized spacial score (nSPS) is 11.6. The molecule has 2 aromatic carbocycles. The number of ether oxygens (including phenoxy) is 2. The monoisotopic (exact) mass is 509 g/mol. The zero-order chi connectivity index (χ0) is 26.1. The third-order valence-corrected chi connectivity index (χ3v) is 6.31. The molecule has 3 aromatic rings. The van der Waals surface area contributed by atoms with Gasteiger partial charge >= 0.3 is 0 Å². The van der Waals surface area contributed by atoms with E-state index in [1.165, 1.54) is 11.8 Å². The average molecular weight is 510 g/mol. The van der Waals surface area contributed by atoms with Crippen molar-refractivity contribution in [3.63, 3.8) is 0 Å². The lowest BCUT2D eigenvalue weighted by Crippen LogP contribution is -2.33. The number of aromatic nitrogens is 3. The van der Waals surface area contributed by atoms with Crippen LogP contribution in [0.15, 0.2) is 66.3 Å². The molecular weight excluding hydrogens is 478 g/mol. The van der Waals surface area contributed by atoms with Crippen LogP contribution in [0.1, 0.15) is 36.1 Å². The molecular formula is C26H31N5O4S. The highest BCUT2D eigenvalue weighted by Crippen LogP contribution is 2.26. The predicted molar refractivity (Wildman–Crippen MR) is 141 cm³/mol. The molecule has 0 saturated heterocycles. The maximum Gasteiger partial charge on any atom is 0.251 e. The fourth-order valence-electron chi connectivity index (χ4n) is 3.44. The number of carbonyl (C=O) groups excluding carboxylic acids is 2. The van der Waals surface area contributed by atoms with Crippen LogP contribution in [0.3, 0.4) is 0 Å². The predicted octanol–water partition coefficient (Wildman–Crippen LogP) is 4.34. The van der Waals surface area contributed by atoms with E-state index in [1.54, 1.807) is 68.8 Å². The molecule has 0 radical (unpaired) electrons. The summed E-state index contributed by atoms with van der Waals surface area (Å²) in [5, 5.41) is 15.2. The number of benzene rings is 2. The molecule has 2 amide bonds. The number of rotatable bonds is 12. The molecule has 10 heteroatoms. The maximum atomic E-state index is 12.9. The van der Waals surface area contributed by atoms with Crippen molar-refractivity contribution in [2.75, 3.05) is 25.3 Å². The van der Waals surface area contributed by atoms with Crippen molar-refractivity contribution in [1.82, 2.24) is 20.1 Å². The fraction of sp³-hybridized carbons (Fsp3) is 0.308. The zero-order valence-corrected chi connectivity index (χ0v) is 21.7. The van der Waals surface area contributed by atoms with E-state index < -0.39 is 6.04 Å². The quantitative estimate of drug-likeness (QED) is 0.276. The van der Waals surface area contributed by atoms with E-state index in [0.29, 0.717) is 40.3 Å². The van der Waals surface area contributed by atoms with Gasteiger partial charge in [0.25, 0.3) is 5.91 Å². The van der Waals surface area contributed by atoms with Crippen LogP contribution in [0.5, 0.6) is 11.5 Å². The molecule has 9 nitrogen and oxygen atoms in total. The summed E-state index contributed by atoms with van der Waals surface area (Å²) in [6.07, 6.45) is 1.73. The minimum atomic E-state index is -0.394. The van der Waals surface area contributed by atoms with Gasteiger partial charge in [0, 0.05) is 17.8 Å². The number of thioether (sulfide) groups is 1. The molecule has 3 rings (SSSR count). The Morgan fingerprint density at radius 3 is 2.19 bits per heavy atom. The summed E-state index contributed by atoms with van der Waals surface area (Å²) in [5.74, 6) is 1.78.